The quantitative estimate of drug-likeness (QED) is 0.401. The first-order valence-electron chi connectivity index (χ1n) is 7.93. The number of rotatable bonds is 5. The maximum absolute atomic E-state index is 12.2. The van der Waals surface area contributed by atoms with Crippen LogP contribution in [0.15, 0.2) is 39.1 Å². The SMILES string of the molecule is CSc1ccc(/C=N/NC(=O)Cc2nc3sc(C)c(C)c3c(=O)[nH]2)cc1. The van der Waals surface area contributed by atoms with E-state index in [-0.39, 0.29) is 17.9 Å². The molecule has 0 aliphatic carbocycles. The molecule has 134 valence electrons. The molecule has 0 fully saturated rings. The van der Waals surface area contributed by atoms with Crippen LogP contribution in [-0.2, 0) is 11.2 Å². The Kier molecular flexibility index (Phi) is 5.53. The molecule has 0 saturated carbocycles. The van der Waals surface area contributed by atoms with Gasteiger partial charge in [-0.15, -0.1) is 23.1 Å². The number of amides is 1. The third kappa shape index (κ3) is 4.03. The normalized spacial score (nSPS) is 11.3. The van der Waals surface area contributed by atoms with E-state index in [9.17, 15) is 9.59 Å². The molecular weight excluding hydrogens is 368 g/mol. The Balaban J connectivity index is 1.67. The minimum atomic E-state index is -0.338. The van der Waals surface area contributed by atoms with E-state index < -0.39 is 0 Å². The summed E-state index contributed by atoms with van der Waals surface area (Å²) in [4.78, 5) is 34.2. The summed E-state index contributed by atoms with van der Waals surface area (Å²) in [6, 6.07) is 7.83. The van der Waals surface area contributed by atoms with E-state index in [0.717, 1.165) is 20.9 Å². The van der Waals surface area contributed by atoms with E-state index in [1.54, 1.807) is 18.0 Å². The maximum atomic E-state index is 12.2. The Hall–Kier alpha value is -2.45. The molecule has 0 radical (unpaired) electrons. The third-order valence-electron chi connectivity index (χ3n) is 3.93. The van der Waals surface area contributed by atoms with Gasteiger partial charge in [0.2, 0.25) is 5.91 Å². The molecule has 0 atom stereocenters. The van der Waals surface area contributed by atoms with Gasteiger partial charge in [-0.2, -0.15) is 5.10 Å². The highest BCUT2D eigenvalue weighted by molar-refractivity contribution is 7.98. The average molecular weight is 387 g/mol. The summed E-state index contributed by atoms with van der Waals surface area (Å²) >= 11 is 3.12. The monoisotopic (exact) mass is 386 g/mol. The highest BCUT2D eigenvalue weighted by Gasteiger charge is 2.13. The van der Waals surface area contributed by atoms with Crippen LogP contribution in [-0.4, -0.2) is 28.3 Å². The molecule has 2 heterocycles. The molecule has 0 unspecified atom stereocenters. The zero-order chi connectivity index (χ0) is 18.7. The molecular formula is C18H18N4O2S2. The lowest BCUT2D eigenvalue weighted by molar-refractivity contribution is -0.120. The third-order valence-corrected chi connectivity index (χ3v) is 5.78. The van der Waals surface area contributed by atoms with Gasteiger partial charge in [-0.3, -0.25) is 9.59 Å². The molecule has 8 heteroatoms. The molecule has 2 aromatic heterocycles. The van der Waals surface area contributed by atoms with Gasteiger partial charge in [0.25, 0.3) is 5.56 Å². The van der Waals surface area contributed by atoms with Crippen LogP contribution in [0.4, 0.5) is 0 Å². The van der Waals surface area contributed by atoms with E-state index >= 15 is 0 Å². The number of H-pyrrole nitrogens is 1. The largest absolute Gasteiger partial charge is 0.309 e. The number of hydrogen-bond donors (Lipinski definition) is 2. The minimum Gasteiger partial charge on any atom is -0.309 e. The van der Waals surface area contributed by atoms with Crippen LogP contribution < -0.4 is 11.0 Å². The van der Waals surface area contributed by atoms with Crippen LogP contribution >= 0.6 is 23.1 Å². The Morgan fingerprint density at radius 1 is 1.35 bits per heavy atom. The van der Waals surface area contributed by atoms with E-state index in [1.165, 1.54) is 11.3 Å². The van der Waals surface area contributed by atoms with E-state index in [0.29, 0.717) is 16.0 Å². The lowest BCUT2D eigenvalue weighted by Gasteiger charge is -2.01. The van der Waals surface area contributed by atoms with Crippen LogP contribution in [0, 0.1) is 13.8 Å². The molecule has 3 aromatic rings. The summed E-state index contributed by atoms with van der Waals surface area (Å²) in [7, 11) is 0. The molecule has 0 bridgehead atoms. The molecule has 2 N–H and O–H groups in total. The fourth-order valence-electron chi connectivity index (χ4n) is 2.44. The maximum Gasteiger partial charge on any atom is 0.259 e. The van der Waals surface area contributed by atoms with Crippen LogP contribution in [0.5, 0.6) is 0 Å². The summed E-state index contributed by atoms with van der Waals surface area (Å²) in [5.74, 6) is -0.00439. The number of aryl methyl sites for hydroxylation is 2. The van der Waals surface area contributed by atoms with Crippen LogP contribution in [0.3, 0.4) is 0 Å². The average Bonchev–Trinajstić information content (AvgIpc) is 2.90. The van der Waals surface area contributed by atoms with Crippen molar-refractivity contribution >= 4 is 45.4 Å². The number of carbonyl (C=O) groups is 1. The van der Waals surface area contributed by atoms with Crippen molar-refractivity contribution in [1.82, 2.24) is 15.4 Å². The summed E-state index contributed by atoms with van der Waals surface area (Å²) in [5, 5.41) is 4.55. The predicted octanol–water partition coefficient (Wildman–Crippen LogP) is 3.02. The number of fused-ring (bicyclic) bond motifs is 1. The van der Waals surface area contributed by atoms with Crippen molar-refractivity contribution in [3.8, 4) is 0 Å². The standard InChI is InChI=1S/C18H18N4O2S2/c1-10-11(2)26-18-16(10)17(24)20-14(21-18)8-15(23)22-19-9-12-4-6-13(25-3)7-5-12/h4-7,9H,8H2,1-3H3,(H,22,23)(H,20,21,24)/b19-9+. The molecule has 0 aliphatic heterocycles. The number of hydrogen-bond acceptors (Lipinski definition) is 6. The van der Waals surface area contributed by atoms with Crippen molar-refractivity contribution in [2.75, 3.05) is 6.26 Å². The van der Waals surface area contributed by atoms with Crippen molar-refractivity contribution in [1.29, 1.82) is 0 Å². The second-order valence-electron chi connectivity index (χ2n) is 5.72. The number of aromatic nitrogens is 2. The topological polar surface area (TPSA) is 87.2 Å². The van der Waals surface area contributed by atoms with Crippen molar-refractivity contribution in [3.63, 3.8) is 0 Å². The first kappa shape index (κ1) is 18.3. The number of aromatic amines is 1. The van der Waals surface area contributed by atoms with Crippen LogP contribution in [0.2, 0.25) is 0 Å². The minimum absolute atomic E-state index is 0.0378. The number of nitrogens with zero attached hydrogens (tertiary/aromatic N) is 2. The molecule has 1 aromatic carbocycles. The van der Waals surface area contributed by atoms with Gasteiger partial charge in [-0.1, -0.05) is 12.1 Å². The highest BCUT2D eigenvalue weighted by atomic mass is 32.2. The summed E-state index contributed by atoms with van der Waals surface area (Å²) in [6.45, 7) is 3.85. The van der Waals surface area contributed by atoms with Gasteiger partial charge in [-0.05, 0) is 43.4 Å². The lowest BCUT2D eigenvalue weighted by atomic mass is 10.2. The number of nitrogens with one attached hydrogen (secondary N) is 2. The first-order valence-corrected chi connectivity index (χ1v) is 9.97. The molecule has 0 spiro atoms. The van der Waals surface area contributed by atoms with Gasteiger partial charge in [0.1, 0.15) is 10.7 Å². The summed E-state index contributed by atoms with van der Waals surface area (Å²) < 4.78 is 0. The second-order valence-corrected chi connectivity index (χ2v) is 7.80. The first-order chi connectivity index (χ1) is 12.5. The van der Waals surface area contributed by atoms with Crippen molar-refractivity contribution < 1.29 is 4.79 Å². The van der Waals surface area contributed by atoms with Gasteiger partial charge in [-0.25, -0.2) is 10.4 Å². The molecule has 3 rings (SSSR count). The van der Waals surface area contributed by atoms with Crippen molar-refractivity contribution in [3.05, 3.63) is 56.4 Å². The van der Waals surface area contributed by atoms with Gasteiger partial charge in [0.15, 0.2) is 0 Å². The Labute approximate surface area is 158 Å². The van der Waals surface area contributed by atoms with Gasteiger partial charge < -0.3 is 4.98 Å². The van der Waals surface area contributed by atoms with Crippen LogP contribution in [0.1, 0.15) is 21.8 Å². The number of thioether (sulfide) groups is 1. The summed E-state index contributed by atoms with van der Waals surface area (Å²) in [5.41, 5.74) is 4.07. The van der Waals surface area contributed by atoms with E-state index in [4.69, 9.17) is 0 Å². The second kappa shape index (κ2) is 7.84. The lowest BCUT2D eigenvalue weighted by Crippen LogP contribution is -2.23. The molecule has 26 heavy (non-hydrogen) atoms. The number of benzene rings is 1. The number of hydrazone groups is 1. The van der Waals surface area contributed by atoms with E-state index in [1.807, 2.05) is 44.4 Å². The molecule has 0 aliphatic rings. The number of carbonyl (C=O) groups excluding carboxylic acids is 1. The number of thiophene rings is 1. The zero-order valence-electron chi connectivity index (χ0n) is 14.6. The van der Waals surface area contributed by atoms with Gasteiger partial charge in [0.05, 0.1) is 18.0 Å². The van der Waals surface area contributed by atoms with E-state index in [2.05, 4.69) is 20.5 Å². The summed E-state index contributed by atoms with van der Waals surface area (Å²) in [6.07, 6.45) is 3.55. The Morgan fingerprint density at radius 2 is 2.08 bits per heavy atom. The highest BCUT2D eigenvalue weighted by Crippen LogP contribution is 2.25. The smallest absolute Gasteiger partial charge is 0.259 e. The zero-order valence-corrected chi connectivity index (χ0v) is 16.3. The fourth-order valence-corrected chi connectivity index (χ4v) is 3.90. The Morgan fingerprint density at radius 3 is 2.77 bits per heavy atom. The van der Waals surface area contributed by atoms with Crippen LogP contribution in [0.25, 0.3) is 10.2 Å². The van der Waals surface area contributed by atoms with Gasteiger partial charge in [0, 0.05) is 9.77 Å². The molecule has 6 nitrogen and oxygen atoms in total. The molecule has 0 saturated heterocycles. The van der Waals surface area contributed by atoms with Gasteiger partial charge >= 0.3 is 0 Å². The predicted molar refractivity (Wildman–Crippen MR) is 107 cm³/mol. The fraction of sp³-hybridized carbons (Fsp3) is 0.222. The Bertz CT molecular complexity index is 1040. The van der Waals surface area contributed by atoms with Crippen molar-refractivity contribution in [2.24, 2.45) is 5.10 Å². The molecule has 1 amide bonds. The van der Waals surface area contributed by atoms with Crippen molar-refractivity contribution in [2.45, 2.75) is 25.2 Å².